The molecule has 2 nitrogen and oxygen atoms in total. The molecule has 130 valence electrons. The lowest BCUT2D eigenvalue weighted by Crippen LogP contribution is -2.45. The average molecular weight is 332 g/mol. The minimum absolute atomic E-state index is 0.192. The van der Waals surface area contributed by atoms with E-state index in [4.69, 9.17) is 0 Å². The Kier molecular flexibility index (Phi) is 6.03. The van der Waals surface area contributed by atoms with Crippen molar-refractivity contribution in [1.82, 2.24) is 10.2 Å². The van der Waals surface area contributed by atoms with Crippen LogP contribution in [0.5, 0.6) is 0 Å². The van der Waals surface area contributed by atoms with Crippen molar-refractivity contribution in [2.24, 2.45) is 5.92 Å². The molecule has 0 saturated carbocycles. The lowest BCUT2D eigenvalue weighted by atomic mass is 9.91. The number of halogens is 4. The van der Waals surface area contributed by atoms with Crippen LogP contribution in [0.3, 0.4) is 0 Å². The van der Waals surface area contributed by atoms with Crippen LogP contribution >= 0.6 is 0 Å². The minimum atomic E-state index is -4.54. The first-order chi connectivity index (χ1) is 10.8. The molecule has 0 radical (unpaired) electrons. The van der Waals surface area contributed by atoms with Crippen LogP contribution in [0.25, 0.3) is 0 Å². The molecule has 1 N–H and O–H groups in total. The molecule has 0 bridgehead atoms. The van der Waals surface area contributed by atoms with E-state index >= 15 is 0 Å². The molecular formula is C17H24F4N2. The van der Waals surface area contributed by atoms with Crippen LogP contribution in [-0.4, -0.2) is 31.1 Å². The van der Waals surface area contributed by atoms with Crippen LogP contribution < -0.4 is 5.32 Å². The molecule has 2 rings (SSSR count). The van der Waals surface area contributed by atoms with E-state index in [1.807, 2.05) is 18.7 Å². The first-order valence-corrected chi connectivity index (χ1v) is 8.11. The highest BCUT2D eigenvalue weighted by atomic mass is 19.4. The topological polar surface area (TPSA) is 15.3 Å². The number of rotatable bonds is 5. The van der Waals surface area contributed by atoms with E-state index in [9.17, 15) is 17.6 Å². The van der Waals surface area contributed by atoms with Gasteiger partial charge in [0.1, 0.15) is 5.82 Å². The van der Waals surface area contributed by atoms with Crippen molar-refractivity contribution in [3.63, 3.8) is 0 Å². The third-order valence-corrected chi connectivity index (χ3v) is 4.30. The summed E-state index contributed by atoms with van der Waals surface area (Å²) in [6.45, 7) is 6.76. The molecular weight excluding hydrogens is 308 g/mol. The molecule has 1 fully saturated rings. The SMILES string of the molecule is CC(C)CC[C@@H](c1c(F)cccc1C(F)(F)F)N1CCNCC1. The lowest BCUT2D eigenvalue weighted by molar-refractivity contribution is -0.139. The predicted molar refractivity (Wildman–Crippen MR) is 82.7 cm³/mol. The minimum Gasteiger partial charge on any atom is -0.314 e. The second-order valence-corrected chi connectivity index (χ2v) is 6.47. The van der Waals surface area contributed by atoms with Gasteiger partial charge in [0.15, 0.2) is 0 Å². The zero-order chi connectivity index (χ0) is 17.0. The Morgan fingerprint density at radius 1 is 1.13 bits per heavy atom. The molecule has 1 heterocycles. The quantitative estimate of drug-likeness (QED) is 0.812. The Bertz CT molecular complexity index is 508. The molecule has 23 heavy (non-hydrogen) atoms. The molecule has 1 aliphatic heterocycles. The Balaban J connectivity index is 2.41. The van der Waals surface area contributed by atoms with Crippen molar-refractivity contribution in [3.8, 4) is 0 Å². The highest BCUT2D eigenvalue weighted by molar-refractivity contribution is 5.34. The normalized spacial score (nSPS) is 18.4. The largest absolute Gasteiger partial charge is 0.416 e. The van der Waals surface area contributed by atoms with E-state index in [0.717, 1.165) is 24.6 Å². The molecule has 1 atom stereocenters. The Hall–Kier alpha value is -1.14. The van der Waals surface area contributed by atoms with Gasteiger partial charge >= 0.3 is 6.18 Å². The maximum Gasteiger partial charge on any atom is 0.416 e. The molecule has 0 aromatic heterocycles. The zero-order valence-corrected chi connectivity index (χ0v) is 13.6. The van der Waals surface area contributed by atoms with Gasteiger partial charge in [0.25, 0.3) is 0 Å². The fourth-order valence-electron chi connectivity index (χ4n) is 3.12. The van der Waals surface area contributed by atoms with Gasteiger partial charge in [0.2, 0.25) is 0 Å². The summed E-state index contributed by atoms with van der Waals surface area (Å²) in [6, 6.07) is 2.73. The van der Waals surface area contributed by atoms with Gasteiger partial charge in [0.05, 0.1) is 5.56 Å². The predicted octanol–water partition coefficient (Wildman–Crippen LogP) is 4.23. The summed E-state index contributed by atoms with van der Waals surface area (Å²) in [7, 11) is 0. The van der Waals surface area contributed by atoms with Gasteiger partial charge in [-0.25, -0.2) is 4.39 Å². The molecule has 1 aromatic carbocycles. The third-order valence-electron chi connectivity index (χ3n) is 4.30. The monoisotopic (exact) mass is 332 g/mol. The number of benzene rings is 1. The van der Waals surface area contributed by atoms with Gasteiger partial charge in [-0.3, -0.25) is 4.90 Å². The third kappa shape index (κ3) is 4.67. The van der Waals surface area contributed by atoms with E-state index < -0.39 is 23.6 Å². The van der Waals surface area contributed by atoms with Crippen LogP contribution in [0.4, 0.5) is 17.6 Å². The summed E-state index contributed by atoms with van der Waals surface area (Å²) >= 11 is 0. The Labute approximate surface area is 134 Å². The Morgan fingerprint density at radius 3 is 2.35 bits per heavy atom. The zero-order valence-electron chi connectivity index (χ0n) is 13.6. The molecule has 0 unspecified atom stereocenters. The number of nitrogens with zero attached hydrogens (tertiary/aromatic N) is 1. The number of hydrogen-bond acceptors (Lipinski definition) is 2. The summed E-state index contributed by atoms with van der Waals surface area (Å²) in [5.41, 5.74) is -1.03. The van der Waals surface area contributed by atoms with Crippen molar-refractivity contribution in [3.05, 3.63) is 35.1 Å². The number of nitrogens with one attached hydrogen (secondary N) is 1. The Morgan fingerprint density at radius 2 is 1.78 bits per heavy atom. The number of hydrogen-bond donors (Lipinski definition) is 1. The van der Waals surface area contributed by atoms with Gasteiger partial charge in [-0.05, 0) is 30.9 Å². The van der Waals surface area contributed by atoms with Crippen LogP contribution in [-0.2, 0) is 6.18 Å². The summed E-state index contributed by atoms with van der Waals surface area (Å²) < 4.78 is 54.4. The maximum absolute atomic E-state index is 14.4. The summed E-state index contributed by atoms with van der Waals surface area (Å²) in [6.07, 6.45) is -3.25. The maximum atomic E-state index is 14.4. The standard InChI is InChI=1S/C17H24F4N2/c1-12(2)6-7-15(23-10-8-22-9-11-23)16-13(17(19,20)21)4-3-5-14(16)18/h3-5,12,15,22H,6-11H2,1-2H3/t15-/m0/s1. The smallest absolute Gasteiger partial charge is 0.314 e. The van der Waals surface area contributed by atoms with E-state index in [0.29, 0.717) is 38.5 Å². The van der Waals surface area contributed by atoms with Gasteiger partial charge in [-0.15, -0.1) is 0 Å². The summed E-state index contributed by atoms with van der Waals surface area (Å²) in [5, 5.41) is 3.19. The van der Waals surface area contributed by atoms with Crippen LogP contribution in [0, 0.1) is 11.7 Å². The highest BCUT2D eigenvalue weighted by Crippen LogP contribution is 2.39. The van der Waals surface area contributed by atoms with Crippen LogP contribution in [0.1, 0.15) is 43.9 Å². The van der Waals surface area contributed by atoms with E-state index in [1.165, 1.54) is 0 Å². The average Bonchev–Trinajstić information content (AvgIpc) is 2.48. The van der Waals surface area contributed by atoms with Crippen molar-refractivity contribution in [1.29, 1.82) is 0 Å². The second-order valence-electron chi connectivity index (χ2n) is 6.47. The summed E-state index contributed by atoms with van der Waals surface area (Å²) in [5.74, 6) is -0.395. The first kappa shape index (κ1) is 18.2. The molecule has 1 aromatic rings. The van der Waals surface area contributed by atoms with Crippen molar-refractivity contribution in [2.75, 3.05) is 26.2 Å². The highest BCUT2D eigenvalue weighted by Gasteiger charge is 2.38. The van der Waals surface area contributed by atoms with Gasteiger partial charge in [0, 0.05) is 37.8 Å². The van der Waals surface area contributed by atoms with Gasteiger partial charge in [-0.1, -0.05) is 19.9 Å². The first-order valence-electron chi connectivity index (χ1n) is 8.11. The van der Waals surface area contributed by atoms with E-state index in [-0.39, 0.29) is 5.56 Å². The van der Waals surface area contributed by atoms with Crippen molar-refractivity contribution >= 4 is 0 Å². The van der Waals surface area contributed by atoms with Crippen molar-refractivity contribution in [2.45, 2.75) is 38.9 Å². The lowest BCUT2D eigenvalue weighted by Gasteiger charge is -2.36. The molecule has 6 heteroatoms. The van der Waals surface area contributed by atoms with Crippen LogP contribution in [0.2, 0.25) is 0 Å². The number of alkyl halides is 3. The molecule has 0 amide bonds. The molecule has 0 spiro atoms. The molecule has 1 aliphatic rings. The second kappa shape index (κ2) is 7.62. The van der Waals surface area contributed by atoms with Crippen LogP contribution in [0.15, 0.2) is 18.2 Å². The van der Waals surface area contributed by atoms with Gasteiger partial charge in [-0.2, -0.15) is 13.2 Å². The van der Waals surface area contributed by atoms with Gasteiger partial charge < -0.3 is 5.32 Å². The van der Waals surface area contributed by atoms with E-state index in [2.05, 4.69) is 5.32 Å². The summed E-state index contributed by atoms with van der Waals surface area (Å²) in [4.78, 5) is 1.98. The molecule has 1 saturated heterocycles. The fourth-order valence-corrected chi connectivity index (χ4v) is 3.12. The van der Waals surface area contributed by atoms with E-state index in [1.54, 1.807) is 0 Å². The van der Waals surface area contributed by atoms with Crippen molar-refractivity contribution < 1.29 is 17.6 Å². The molecule has 0 aliphatic carbocycles. The fraction of sp³-hybridized carbons (Fsp3) is 0.647. The number of piperazine rings is 1.